The van der Waals surface area contributed by atoms with Gasteiger partial charge in [0.2, 0.25) is 5.91 Å². The van der Waals surface area contributed by atoms with Gasteiger partial charge in [-0.25, -0.2) is 4.98 Å². The van der Waals surface area contributed by atoms with Gasteiger partial charge in [0.15, 0.2) is 0 Å². The van der Waals surface area contributed by atoms with E-state index in [2.05, 4.69) is 27.1 Å². The van der Waals surface area contributed by atoms with E-state index in [1.807, 2.05) is 41.8 Å². The first-order valence-electron chi connectivity index (χ1n) is 8.99. The highest BCUT2D eigenvalue weighted by molar-refractivity contribution is 5.81. The van der Waals surface area contributed by atoms with E-state index in [1.54, 1.807) is 12.7 Å². The molecule has 2 atom stereocenters. The number of rotatable bonds is 6. The third kappa shape index (κ3) is 4.66. The first-order chi connectivity index (χ1) is 12.1. The molecule has 1 aromatic carbocycles. The first-order valence-corrected chi connectivity index (χ1v) is 8.99. The molecule has 25 heavy (non-hydrogen) atoms. The van der Waals surface area contributed by atoms with Crippen LogP contribution in [0.1, 0.15) is 25.3 Å². The van der Waals surface area contributed by atoms with E-state index in [4.69, 9.17) is 0 Å². The van der Waals surface area contributed by atoms with Gasteiger partial charge in [0.25, 0.3) is 0 Å². The Balaban J connectivity index is 1.55. The number of amides is 1. The van der Waals surface area contributed by atoms with Crippen LogP contribution in [-0.2, 0) is 17.9 Å². The molecule has 1 saturated heterocycles. The van der Waals surface area contributed by atoms with Gasteiger partial charge < -0.3 is 4.90 Å². The van der Waals surface area contributed by atoms with Crippen LogP contribution in [0.5, 0.6) is 0 Å². The van der Waals surface area contributed by atoms with E-state index >= 15 is 0 Å². The maximum Gasteiger partial charge on any atom is 0.239 e. The summed E-state index contributed by atoms with van der Waals surface area (Å²) in [4.78, 5) is 21.0. The second kappa shape index (κ2) is 8.25. The lowest BCUT2D eigenvalue weighted by Crippen LogP contribution is -2.49. The van der Waals surface area contributed by atoms with E-state index in [1.165, 1.54) is 6.42 Å². The van der Waals surface area contributed by atoms with Crippen molar-refractivity contribution in [3.8, 4) is 0 Å². The summed E-state index contributed by atoms with van der Waals surface area (Å²) in [5.41, 5.74) is 1.16. The van der Waals surface area contributed by atoms with Crippen LogP contribution in [0.3, 0.4) is 0 Å². The maximum atomic E-state index is 12.8. The summed E-state index contributed by atoms with van der Waals surface area (Å²) in [5, 5.41) is 4.20. The molecular formula is C19H27N5O. The Morgan fingerprint density at radius 1 is 1.36 bits per heavy atom. The predicted octanol–water partition coefficient (Wildman–Crippen LogP) is 2.04. The average Bonchev–Trinajstić information content (AvgIpc) is 3.14. The number of carbonyl (C=O) groups excluding carboxylic acids is 1. The number of hydrogen-bond donors (Lipinski definition) is 0. The minimum atomic E-state index is -0.0905. The first kappa shape index (κ1) is 17.6. The van der Waals surface area contributed by atoms with Crippen molar-refractivity contribution < 1.29 is 4.79 Å². The Morgan fingerprint density at radius 2 is 2.16 bits per heavy atom. The molecule has 2 aromatic rings. The van der Waals surface area contributed by atoms with Crippen molar-refractivity contribution in [3.05, 3.63) is 48.5 Å². The van der Waals surface area contributed by atoms with E-state index in [9.17, 15) is 4.79 Å². The monoisotopic (exact) mass is 341 g/mol. The molecule has 0 radical (unpaired) electrons. The Morgan fingerprint density at radius 3 is 2.88 bits per heavy atom. The highest BCUT2D eigenvalue weighted by Gasteiger charge is 2.29. The van der Waals surface area contributed by atoms with Crippen LogP contribution in [0, 0.1) is 5.92 Å². The summed E-state index contributed by atoms with van der Waals surface area (Å²) in [6.45, 7) is 5.48. The van der Waals surface area contributed by atoms with Crippen LogP contribution >= 0.6 is 0 Å². The van der Waals surface area contributed by atoms with Gasteiger partial charge in [0, 0.05) is 26.7 Å². The lowest BCUT2D eigenvalue weighted by Gasteiger charge is -2.37. The fraction of sp³-hybridized carbons (Fsp3) is 0.526. The lowest BCUT2D eigenvalue weighted by atomic mass is 9.96. The number of aromatic nitrogens is 3. The van der Waals surface area contributed by atoms with Crippen molar-refractivity contribution in [2.24, 2.45) is 5.92 Å². The molecule has 0 unspecified atom stereocenters. The molecule has 1 aliphatic heterocycles. The molecule has 0 saturated carbocycles. The SMILES string of the molecule is C[C@@H](C(=O)N(C)Cc1ccccc1)N1CCC[C@@H](Cn2cncn2)C1. The summed E-state index contributed by atoms with van der Waals surface area (Å²) in [6.07, 6.45) is 5.64. The van der Waals surface area contributed by atoms with Crippen molar-refractivity contribution in [2.75, 3.05) is 20.1 Å². The minimum Gasteiger partial charge on any atom is -0.340 e. The molecule has 1 aromatic heterocycles. The molecule has 0 spiro atoms. The Bertz CT molecular complexity index is 658. The van der Waals surface area contributed by atoms with Crippen LogP contribution in [0.15, 0.2) is 43.0 Å². The van der Waals surface area contributed by atoms with Crippen molar-refractivity contribution in [1.82, 2.24) is 24.6 Å². The lowest BCUT2D eigenvalue weighted by molar-refractivity contribution is -0.136. The van der Waals surface area contributed by atoms with Gasteiger partial charge in [0.1, 0.15) is 12.7 Å². The molecule has 1 amide bonds. The van der Waals surface area contributed by atoms with Gasteiger partial charge in [-0.05, 0) is 37.8 Å². The van der Waals surface area contributed by atoms with E-state index in [-0.39, 0.29) is 11.9 Å². The number of piperidine rings is 1. The summed E-state index contributed by atoms with van der Waals surface area (Å²) in [6, 6.07) is 10.0. The van der Waals surface area contributed by atoms with Gasteiger partial charge >= 0.3 is 0 Å². The molecule has 6 nitrogen and oxygen atoms in total. The van der Waals surface area contributed by atoms with Crippen LogP contribution in [0.4, 0.5) is 0 Å². The van der Waals surface area contributed by atoms with Crippen LogP contribution < -0.4 is 0 Å². The molecule has 0 N–H and O–H groups in total. The van der Waals surface area contributed by atoms with Gasteiger partial charge in [0.05, 0.1) is 6.04 Å². The summed E-state index contributed by atoms with van der Waals surface area (Å²) in [7, 11) is 1.89. The smallest absolute Gasteiger partial charge is 0.239 e. The quantitative estimate of drug-likeness (QED) is 0.807. The molecule has 1 fully saturated rings. The number of benzene rings is 1. The molecule has 2 heterocycles. The predicted molar refractivity (Wildman–Crippen MR) is 96.7 cm³/mol. The number of likely N-dealkylation sites (N-methyl/N-ethyl adjacent to an activating group) is 1. The maximum absolute atomic E-state index is 12.8. The van der Waals surface area contributed by atoms with Gasteiger partial charge in [-0.15, -0.1) is 0 Å². The zero-order chi connectivity index (χ0) is 17.6. The highest BCUT2D eigenvalue weighted by Crippen LogP contribution is 2.21. The van der Waals surface area contributed by atoms with E-state index in [0.29, 0.717) is 12.5 Å². The normalized spacial score (nSPS) is 19.5. The zero-order valence-electron chi connectivity index (χ0n) is 15.1. The molecular weight excluding hydrogens is 314 g/mol. The number of nitrogens with zero attached hydrogens (tertiary/aromatic N) is 5. The second-order valence-electron chi connectivity index (χ2n) is 6.98. The summed E-state index contributed by atoms with van der Waals surface area (Å²) < 4.78 is 1.89. The van der Waals surface area contributed by atoms with Crippen LogP contribution in [-0.4, -0.2) is 56.7 Å². The second-order valence-corrected chi connectivity index (χ2v) is 6.98. The largest absolute Gasteiger partial charge is 0.340 e. The summed E-state index contributed by atoms with van der Waals surface area (Å²) in [5.74, 6) is 0.704. The van der Waals surface area contributed by atoms with E-state index in [0.717, 1.165) is 31.6 Å². The molecule has 1 aliphatic rings. The topological polar surface area (TPSA) is 54.3 Å². The minimum absolute atomic E-state index is 0.0905. The van der Waals surface area contributed by atoms with Crippen molar-refractivity contribution in [3.63, 3.8) is 0 Å². The Hall–Kier alpha value is -2.21. The summed E-state index contributed by atoms with van der Waals surface area (Å²) >= 11 is 0. The van der Waals surface area contributed by atoms with Crippen LogP contribution in [0.2, 0.25) is 0 Å². The third-order valence-corrected chi connectivity index (χ3v) is 5.01. The van der Waals surface area contributed by atoms with Crippen molar-refractivity contribution in [2.45, 2.75) is 38.9 Å². The number of hydrogen-bond acceptors (Lipinski definition) is 4. The zero-order valence-corrected chi connectivity index (χ0v) is 15.1. The average molecular weight is 341 g/mol. The molecule has 6 heteroatoms. The number of carbonyl (C=O) groups is 1. The fourth-order valence-electron chi connectivity index (χ4n) is 3.60. The molecule has 0 aliphatic carbocycles. The van der Waals surface area contributed by atoms with Gasteiger partial charge in [-0.2, -0.15) is 5.10 Å². The highest BCUT2D eigenvalue weighted by atomic mass is 16.2. The number of likely N-dealkylation sites (tertiary alicyclic amines) is 1. The van der Waals surface area contributed by atoms with Crippen LogP contribution in [0.25, 0.3) is 0 Å². The van der Waals surface area contributed by atoms with Crippen molar-refractivity contribution >= 4 is 5.91 Å². The standard InChI is InChI=1S/C19H27N5O/c1-16(19(25)22(2)11-17-7-4-3-5-8-17)23-10-6-9-18(12-23)13-24-15-20-14-21-24/h3-5,7-8,14-16,18H,6,9-13H2,1-2H3/t16-,18+/m0/s1. The van der Waals surface area contributed by atoms with Gasteiger partial charge in [-0.3, -0.25) is 14.4 Å². The fourth-order valence-corrected chi connectivity index (χ4v) is 3.60. The molecule has 134 valence electrons. The molecule has 0 bridgehead atoms. The van der Waals surface area contributed by atoms with E-state index < -0.39 is 0 Å². The molecule has 3 rings (SSSR count). The van der Waals surface area contributed by atoms with Gasteiger partial charge in [-0.1, -0.05) is 30.3 Å². The third-order valence-electron chi connectivity index (χ3n) is 5.01. The van der Waals surface area contributed by atoms with Crippen molar-refractivity contribution in [1.29, 1.82) is 0 Å². The Kier molecular flexibility index (Phi) is 5.81. The Labute approximate surface area is 149 Å².